The summed E-state index contributed by atoms with van der Waals surface area (Å²) >= 11 is 0. The van der Waals surface area contributed by atoms with E-state index in [-0.39, 0.29) is 35.4 Å². The van der Waals surface area contributed by atoms with Crippen LogP contribution in [-0.4, -0.2) is 39.2 Å². The molecule has 168 valence electrons. The minimum Gasteiger partial charge on any atom is -0.373 e. The first kappa shape index (κ1) is 21.0. The van der Waals surface area contributed by atoms with Crippen LogP contribution >= 0.6 is 0 Å². The van der Waals surface area contributed by atoms with Crippen LogP contribution in [0.3, 0.4) is 0 Å². The molecule has 0 bridgehead atoms. The molecular formula is C23H17F3N4O3. The van der Waals surface area contributed by atoms with E-state index in [2.05, 4.69) is 10.1 Å². The number of halogens is 3. The van der Waals surface area contributed by atoms with Gasteiger partial charge in [0.25, 0.3) is 11.5 Å². The molecule has 2 aromatic heterocycles. The van der Waals surface area contributed by atoms with Crippen molar-refractivity contribution in [3.05, 3.63) is 93.4 Å². The molecule has 1 aliphatic heterocycles. The van der Waals surface area contributed by atoms with Crippen molar-refractivity contribution < 1.29 is 22.7 Å². The Bertz CT molecular complexity index is 1450. The molecule has 5 rings (SSSR count). The molecule has 0 fully saturated rings. The molecule has 2 aromatic carbocycles. The summed E-state index contributed by atoms with van der Waals surface area (Å²) in [6, 6.07) is 6.79. The molecule has 1 atom stereocenters. The van der Waals surface area contributed by atoms with Gasteiger partial charge in [0.05, 0.1) is 42.1 Å². The third-order valence-electron chi connectivity index (χ3n) is 5.75. The quantitative estimate of drug-likeness (QED) is 0.514. The Morgan fingerprint density at radius 2 is 1.85 bits per heavy atom. The third-order valence-corrected chi connectivity index (χ3v) is 5.75. The lowest BCUT2D eigenvalue weighted by atomic mass is 9.95. The van der Waals surface area contributed by atoms with Crippen molar-refractivity contribution in [2.24, 2.45) is 0 Å². The second kappa shape index (κ2) is 7.89. The normalized spacial score (nSPS) is 15.5. The largest absolute Gasteiger partial charge is 0.373 e. The average molecular weight is 454 g/mol. The van der Waals surface area contributed by atoms with Crippen molar-refractivity contribution in [1.82, 2.24) is 19.7 Å². The molecular weight excluding hydrogens is 437 g/mol. The van der Waals surface area contributed by atoms with Crippen molar-refractivity contribution in [3.63, 3.8) is 0 Å². The maximum Gasteiger partial charge on any atom is 0.257 e. The van der Waals surface area contributed by atoms with Gasteiger partial charge in [0, 0.05) is 24.5 Å². The predicted octanol–water partition coefficient (Wildman–Crippen LogP) is 3.47. The number of carbonyl (C=O) groups excluding carboxylic acids is 1. The standard InChI is InChI=1S/C23H17F3N4O3/c1-29(23(32)12-8-27-30(9-12)14-4-2-13(24)3-5-14)20-11-33-10-19-21(20)15-6-17(25)18(26)7-16(15)22(31)28-19/h2-9,20H,10-11H2,1H3,(H,28,31)/t20-/m1/s1. The number of aromatic nitrogens is 3. The molecule has 3 heterocycles. The molecule has 1 amide bonds. The number of nitrogens with zero attached hydrogens (tertiary/aromatic N) is 3. The predicted molar refractivity (Wildman–Crippen MR) is 112 cm³/mol. The number of ether oxygens (including phenoxy) is 1. The molecule has 0 saturated heterocycles. The summed E-state index contributed by atoms with van der Waals surface area (Å²) in [5.41, 5.74) is 1.17. The van der Waals surface area contributed by atoms with Crippen LogP contribution in [0.5, 0.6) is 0 Å². The lowest BCUT2D eigenvalue weighted by Crippen LogP contribution is -2.37. The summed E-state index contributed by atoms with van der Waals surface area (Å²) in [6.07, 6.45) is 2.89. The van der Waals surface area contributed by atoms with E-state index in [4.69, 9.17) is 4.74 Å². The first-order chi connectivity index (χ1) is 15.8. The Labute approximate surface area is 185 Å². The van der Waals surface area contributed by atoms with Crippen molar-refractivity contribution in [2.75, 3.05) is 13.7 Å². The van der Waals surface area contributed by atoms with E-state index in [1.807, 2.05) is 0 Å². The topological polar surface area (TPSA) is 80.2 Å². The number of carbonyl (C=O) groups is 1. The van der Waals surface area contributed by atoms with Gasteiger partial charge in [0.2, 0.25) is 0 Å². The number of amides is 1. The summed E-state index contributed by atoms with van der Waals surface area (Å²) in [7, 11) is 1.55. The molecule has 0 saturated carbocycles. The van der Waals surface area contributed by atoms with Crippen molar-refractivity contribution in [3.8, 4) is 5.69 Å². The Morgan fingerprint density at radius 3 is 2.58 bits per heavy atom. The number of aromatic amines is 1. The molecule has 0 radical (unpaired) electrons. The highest BCUT2D eigenvalue weighted by atomic mass is 19.2. The first-order valence-corrected chi connectivity index (χ1v) is 10.0. The Balaban J connectivity index is 1.53. The number of rotatable bonds is 3. The monoisotopic (exact) mass is 454 g/mol. The van der Waals surface area contributed by atoms with Gasteiger partial charge in [-0.2, -0.15) is 5.10 Å². The van der Waals surface area contributed by atoms with Crippen LogP contribution in [0, 0.1) is 17.5 Å². The van der Waals surface area contributed by atoms with E-state index in [1.165, 1.54) is 46.2 Å². The second-order valence-electron chi connectivity index (χ2n) is 7.76. The molecule has 0 aliphatic carbocycles. The van der Waals surface area contributed by atoms with E-state index in [9.17, 15) is 22.8 Å². The molecule has 1 aliphatic rings. The van der Waals surface area contributed by atoms with Gasteiger partial charge in [0.1, 0.15) is 5.82 Å². The lowest BCUT2D eigenvalue weighted by molar-refractivity contribution is 0.0335. The van der Waals surface area contributed by atoms with E-state index in [0.717, 1.165) is 12.1 Å². The van der Waals surface area contributed by atoms with Crippen LogP contribution in [0.1, 0.15) is 27.7 Å². The minimum atomic E-state index is -1.13. The summed E-state index contributed by atoms with van der Waals surface area (Å²) < 4.78 is 48.0. The Hall–Kier alpha value is -3.92. The van der Waals surface area contributed by atoms with Gasteiger partial charge in [-0.3, -0.25) is 9.59 Å². The number of hydrogen-bond acceptors (Lipinski definition) is 4. The maximum atomic E-state index is 14.1. The summed E-state index contributed by atoms with van der Waals surface area (Å²) in [5.74, 6) is -3.00. The van der Waals surface area contributed by atoms with Gasteiger partial charge in [0.15, 0.2) is 11.6 Å². The number of likely N-dealkylation sites (N-methyl/N-ethyl adjacent to an activating group) is 1. The second-order valence-corrected chi connectivity index (χ2v) is 7.76. The number of pyridine rings is 1. The molecule has 0 unspecified atom stereocenters. The summed E-state index contributed by atoms with van der Waals surface area (Å²) in [4.78, 5) is 29.7. The fourth-order valence-corrected chi connectivity index (χ4v) is 4.06. The maximum absolute atomic E-state index is 14.1. The van der Waals surface area contributed by atoms with Crippen molar-refractivity contribution in [1.29, 1.82) is 0 Å². The van der Waals surface area contributed by atoms with Crippen LogP contribution in [0.4, 0.5) is 13.2 Å². The molecule has 33 heavy (non-hydrogen) atoms. The Kier molecular flexibility index (Phi) is 5.01. The van der Waals surface area contributed by atoms with Crippen LogP contribution in [0.2, 0.25) is 0 Å². The lowest BCUT2D eigenvalue weighted by Gasteiger charge is -2.33. The highest BCUT2D eigenvalue weighted by Gasteiger charge is 2.32. The third kappa shape index (κ3) is 3.58. The van der Waals surface area contributed by atoms with Crippen LogP contribution in [0.25, 0.3) is 16.5 Å². The van der Waals surface area contributed by atoms with Crippen LogP contribution < -0.4 is 5.56 Å². The smallest absolute Gasteiger partial charge is 0.257 e. The molecule has 7 nitrogen and oxygen atoms in total. The van der Waals surface area contributed by atoms with E-state index < -0.39 is 29.1 Å². The first-order valence-electron chi connectivity index (χ1n) is 10.0. The zero-order valence-corrected chi connectivity index (χ0v) is 17.3. The van der Waals surface area contributed by atoms with Gasteiger partial charge in [-0.1, -0.05) is 0 Å². The Morgan fingerprint density at radius 1 is 1.15 bits per heavy atom. The number of benzene rings is 2. The van der Waals surface area contributed by atoms with E-state index in [1.54, 1.807) is 7.05 Å². The fourth-order valence-electron chi connectivity index (χ4n) is 4.06. The highest BCUT2D eigenvalue weighted by molar-refractivity contribution is 5.95. The molecule has 10 heteroatoms. The fraction of sp³-hybridized carbons (Fsp3) is 0.174. The summed E-state index contributed by atoms with van der Waals surface area (Å²) in [5, 5.41) is 4.38. The zero-order chi connectivity index (χ0) is 23.3. The molecule has 0 spiro atoms. The van der Waals surface area contributed by atoms with Gasteiger partial charge >= 0.3 is 0 Å². The number of nitrogens with one attached hydrogen (secondary N) is 1. The average Bonchev–Trinajstić information content (AvgIpc) is 3.30. The molecule has 4 aromatic rings. The van der Waals surface area contributed by atoms with E-state index >= 15 is 0 Å². The van der Waals surface area contributed by atoms with Crippen molar-refractivity contribution in [2.45, 2.75) is 12.6 Å². The van der Waals surface area contributed by atoms with Crippen LogP contribution in [0.15, 0.2) is 53.6 Å². The summed E-state index contributed by atoms with van der Waals surface area (Å²) in [6.45, 7) is 0.169. The SMILES string of the molecule is CN(C(=O)c1cnn(-c2ccc(F)cc2)c1)[C@@H]1COCc2[nH]c(=O)c3cc(F)c(F)cc3c21. The van der Waals surface area contributed by atoms with Gasteiger partial charge in [-0.15, -0.1) is 0 Å². The van der Waals surface area contributed by atoms with Gasteiger partial charge in [-0.25, -0.2) is 17.9 Å². The highest BCUT2D eigenvalue weighted by Crippen LogP contribution is 2.34. The number of H-pyrrole nitrogens is 1. The minimum absolute atomic E-state index is 0.00970. The van der Waals surface area contributed by atoms with E-state index in [0.29, 0.717) is 16.9 Å². The number of hydrogen-bond donors (Lipinski definition) is 1. The van der Waals surface area contributed by atoms with Crippen LogP contribution in [-0.2, 0) is 11.3 Å². The molecule has 1 N–H and O–H groups in total. The van der Waals surface area contributed by atoms with Gasteiger partial charge in [-0.05, 0) is 41.8 Å². The van der Waals surface area contributed by atoms with Crippen molar-refractivity contribution >= 4 is 16.7 Å². The van der Waals surface area contributed by atoms with Gasteiger partial charge < -0.3 is 14.6 Å². The zero-order valence-electron chi connectivity index (χ0n) is 17.3. The number of fused-ring (bicyclic) bond motifs is 3.